The highest BCUT2D eigenvalue weighted by atomic mass is 35.5. The number of hydrogen-bond acceptors (Lipinski definition) is 2. The molecule has 2 nitrogen and oxygen atoms in total. The maximum absolute atomic E-state index is 13.0. The molecule has 0 spiro atoms. The first-order valence-electron chi connectivity index (χ1n) is 6.80. The molecule has 0 saturated heterocycles. The van der Waals surface area contributed by atoms with E-state index in [2.05, 4.69) is 6.92 Å². The minimum Gasteiger partial charge on any atom is -0.485 e. The molecular weight excluding hydrogens is 291 g/mol. The summed E-state index contributed by atoms with van der Waals surface area (Å²) in [5.41, 5.74) is 1.81. The Morgan fingerprint density at radius 2 is 1.90 bits per heavy atom. The third kappa shape index (κ3) is 4.30. The van der Waals surface area contributed by atoms with Crippen LogP contribution < -0.4 is 4.74 Å². The van der Waals surface area contributed by atoms with Crippen LogP contribution in [0.2, 0.25) is 5.02 Å². The van der Waals surface area contributed by atoms with Gasteiger partial charge in [0.05, 0.1) is 5.02 Å². The zero-order valence-electron chi connectivity index (χ0n) is 11.7. The summed E-state index contributed by atoms with van der Waals surface area (Å²) >= 11 is 5.65. The van der Waals surface area contributed by atoms with Crippen molar-refractivity contribution in [1.82, 2.24) is 0 Å². The van der Waals surface area contributed by atoms with Crippen molar-refractivity contribution >= 4 is 17.4 Å². The van der Waals surface area contributed by atoms with Crippen LogP contribution in [0.4, 0.5) is 4.39 Å². The lowest BCUT2D eigenvalue weighted by Gasteiger charge is -2.07. The Morgan fingerprint density at radius 3 is 2.52 bits per heavy atom. The fraction of sp³-hybridized carbons (Fsp3) is 0.235. The fourth-order valence-corrected chi connectivity index (χ4v) is 2.12. The van der Waals surface area contributed by atoms with E-state index in [1.54, 1.807) is 12.1 Å². The Kier molecular flexibility index (Phi) is 5.34. The molecule has 2 aromatic carbocycles. The Bertz CT molecular complexity index is 623. The van der Waals surface area contributed by atoms with Crippen LogP contribution in [0.15, 0.2) is 42.5 Å². The van der Waals surface area contributed by atoms with Crippen LogP contribution in [0, 0.1) is 5.82 Å². The molecule has 4 heteroatoms. The van der Waals surface area contributed by atoms with Crippen LogP contribution in [0.25, 0.3) is 0 Å². The predicted molar refractivity (Wildman–Crippen MR) is 81.7 cm³/mol. The third-order valence-corrected chi connectivity index (χ3v) is 3.37. The van der Waals surface area contributed by atoms with E-state index >= 15 is 0 Å². The predicted octanol–water partition coefficient (Wildman–Crippen LogP) is 4.69. The molecule has 2 aromatic rings. The Labute approximate surface area is 128 Å². The molecule has 0 aliphatic heterocycles. The molecule has 0 aliphatic carbocycles. The van der Waals surface area contributed by atoms with E-state index in [-0.39, 0.29) is 17.4 Å². The molecule has 2 rings (SSSR count). The van der Waals surface area contributed by atoms with Crippen molar-refractivity contribution in [2.24, 2.45) is 0 Å². The largest absolute Gasteiger partial charge is 0.485 e. The van der Waals surface area contributed by atoms with Crippen LogP contribution in [0.3, 0.4) is 0 Å². The molecule has 21 heavy (non-hydrogen) atoms. The first-order valence-corrected chi connectivity index (χ1v) is 7.18. The summed E-state index contributed by atoms with van der Waals surface area (Å²) in [4.78, 5) is 12.0. The lowest BCUT2D eigenvalue weighted by atomic mass is 10.1. The van der Waals surface area contributed by atoms with Gasteiger partial charge >= 0.3 is 0 Å². The summed E-state index contributed by atoms with van der Waals surface area (Å²) in [6, 6.07) is 11.5. The number of ether oxygens (including phenoxy) is 1. The van der Waals surface area contributed by atoms with Crippen LogP contribution >= 0.6 is 11.6 Å². The average molecular weight is 307 g/mol. The molecule has 0 aliphatic rings. The van der Waals surface area contributed by atoms with Crippen molar-refractivity contribution in [1.29, 1.82) is 0 Å². The molecule has 0 unspecified atom stereocenters. The molecule has 0 heterocycles. The van der Waals surface area contributed by atoms with Gasteiger partial charge in [-0.15, -0.1) is 0 Å². The van der Waals surface area contributed by atoms with Gasteiger partial charge in [-0.05, 0) is 24.1 Å². The van der Waals surface area contributed by atoms with E-state index in [0.717, 1.165) is 12.8 Å². The van der Waals surface area contributed by atoms with Crippen molar-refractivity contribution in [2.75, 3.05) is 6.61 Å². The molecule has 0 saturated carbocycles. The van der Waals surface area contributed by atoms with Gasteiger partial charge in [0, 0.05) is 11.6 Å². The second kappa shape index (κ2) is 7.23. The Hall–Kier alpha value is -1.87. The van der Waals surface area contributed by atoms with Gasteiger partial charge in [-0.3, -0.25) is 4.79 Å². The summed E-state index contributed by atoms with van der Waals surface area (Å²) in [6.45, 7) is 2.01. The number of Topliss-reactive ketones (excluding diaryl/α,β-unsaturated/α-hetero) is 1. The molecule has 0 N–H and O–H groups in total. The first kappa shape index (κ1) is 15.5. The van der Waals surface area contributed by atoms with Gasteiger partial charge in [0.2, 0.25) is 0 Å². The van der Waals surface area contributed by atoms with Gasteiger partial charge in [0.1, 0.15) is 11.6 Å². The zero-order chi connectivity index (χ0) is 15.2. The molecular formula is C17H16ClFO2. The second-order valence-corrected chi connectivity index (χ2v) is 5.14. The van der Waals surface area contributed by atoms with Crippen molar-refractivity contribution in [3.05, 3.63) is 64.4 Å². The number of ketones is 1. The van der Waals surface area contributed by atoms with E-state index in [4.69, 9.17) is 16.3 Å². The fourth-order valence-electron chi connectivity index (χ4n) is 1.94. The smallest absolute Gasteiger partial charge is 0.200 e. The summed E-state index contributed by atoms with van der Waals surface area (Å²) in [5.74, 6) is -0.266. The maximum Gasteiger partial charge on any atom is 0.200 e. The minimum absolute atomic E-state index is 0.0242. The van der Waals surface area contributed by atoms with Gasteiger partial charge in [0.15, 0.2) is 12.4 Å². The number of rotatable bonds is 6. The van der Waals surface area contributed by atoms with Crippen molar-refractivity contribution < 1.29 is 13.9 Å². The molecule has 0 aromatic heterocycles. The minimum atomic E-state index is -0.512. The van der Waals surface area contributed by atoms with E-state index < -0.39 is 5.82 Å². The molecule has 0 amide bonds. The highest BCUT2D eigenvalue weighted by Gasteiger charge is 2.08. The molecule has 0 atom stereocenters. The van der Waals surface area contributed by atoms with Gasteiger partial charge in [0.25, 0.3) is 0 Å². The van der Waals surface area contributed by atoms with Crippen LogP contribution in [-0.2, 0) is 6.42 Å². The normalized spacial score (nSPS) is 10.4. The van der Waals surface area contributed by atoms with Gasteiger partial charge in [-0.1, -0.05) is 49.2 Å². The number of benzene rings is 2. The average Bonchev–Trinajstić information content (AvgIpc) is 2.49. The van der Waals surface area contributed by atoms with Crippen molar-refractivity contribution in [3.8, 4) is 5.75 Å². The quantitative estimate of drug-likeness (QED) is 0.723. The molecule has 0 bridgehead atoms. The highest BCUT2D eigenvalue weighted by Crippen LogP contribution is 2.21. The summed E-state index contributed by atoms with van der Waals surface area (Å²) in [5, 5.41) is -0.0242. The molecule has 0 fully saturated rings. The third-order valence-electron chi connectivity index (χ3n) is 3.08. The topological polar surface area (TPSA) is 26.3 Å². The van der Waals surface area contributed by atoms with Crippen molar-refractivity contribution in [2.45, 2.75) is 19.8 Å². The van der Waals surface area contributed by atoms with Gasteiger partial charge in [-0.2, -0.15) is 0 Å². The van der Waals surface area contributed by atoms with Crippen LogP contribution in [0.1, 0.15) is 29.3 Å². The van der Waals surface area contributed by atoms with Crippen LogP contribution in [0.5, 0.6) is 5.75 Å². The summed E-state index contributed by atoms with van der Waals surface area (Å²) < 4.78 is 18.3. The van der Waals surface area contributed by atoms with Crippen molar-refractivity contribution in [3.63, 3.8) is 0 Å². The number of carbonyl (C=O) groups excluding carboxylic acids is 1. The highest BCUT2D eigenvalue weighted by molar-refractivity contribution is 6.30. The zero-order valence-corrected chi connectivity index (χ0v) is 12.5. The summed E-state index contributed by atoms with van der Waals surface area (Å²) in [6.07, 6.45) is 2.07. The summed E-state index contributed by atoms with van der Waals surface area (Å²) in [7, 11) is 0. The van der Waals surface area contributed by atoms with E-state index in [9.17, 15) is 9.18 Å². The number of halogens is 2. The monoisotopic (exact) mass is 306 g/mol. The Balaban J connectivity index is 1.96. The number of hydrogen-bond donors (Lipinski definition) is 0. The molecule has 0 radical (unpaired) electrons. The lowest BCUT2D eigenvalue weighted by molar-refractivity contribution is 0.0921. The van der Waals surface area contributed by atoms with E-state index in [0.29, 0.717) is 11.3 Å². The van der Waals surface area contributed by atoms with E-state index in [1.165, 1.54) is 23.8 Å². The standard InChI is InChI=1S/C17H16ClFO2/c1-2-3-12-4-6-13(7-5-12)17(20)11-21-14-8-9-16(19)15(18)10-14/h4-10H,2-3,11H2,1H3. The van der Waals surface area contributed by atoms with Gasteiger partial charge < -0.3 is 4.74 Å². The number of carbonyl (C=O) groups is 1. The first-order chi connectivity index (χ1) is 10.1. The lowest BCUT2D eigenvalue weighted by Crippen LogP contribution is -2.11. The maximum atomic E-state index is 13.0. The number of aryl methyl sites for hydroxylation is 1. The second-order valence-electron chi connectivity index (χ2n) is 4.73. The SMILES string of the molecule is CCCc1ccc(C(=O)COc2ccc(F)c(Cl)c2)cc1. The van der Waals surface area contributed by atoms with E-state index in [1.807, 2.05) is 12.1 Å². The van der Waals surface area contributed by atoms with Gasteiger partial charge in [-0.25, -0.2) is 4.39 Å². The Morgan fingerprint density at radius 1 is 1.19 bits per heavy atom. The molecule has 110 valence electrons. The van der Waals surface area contributed by atoms with Crippen LogP contribution in [-0.4, -0.2) is 12.4 Å².